The first-order chi connectivity index (χ1) is 9.61. The number of likely N-dealkylation sites (N-methyl/N-ethyl adjacent to an activating group) is 1. The molecule has 2 rings (SSSR count). The highest BCUT2D eigenvalue weighted by Gasteiger charge is 2.24. The molecule has 1 aromatic rings. The van der Waals surface area contributed by atoms with E-state index in [0.29, 0.717) is 18.7 Å². The molecule has 20 heavy (non-hydrogen) atoms. The van der Waals surface area contributed by atoms with E-state index >= 15 is 0 Å². The minimum atomic E-state index is -0.873. The Morgan fingerprint density at radius 3 is 2.75 bits per heavy atom. The molecule has 5 heteroatoms. The minimum Gasteiger partial charge on any atom is -0.337 e. The van der Waals surface area contributed by atoms with Crippen LogP contribution in [0.4, 0.5) is 8.78 Å². The second-order valence-electron chi connectivity index (χ2n) is 5.10. The lowest BCUT2D eigenvalue weighted by Gasteiger charge is -2.29. The molecule has 0 aliphatic carbocycles. The summed E-state index contributed by atoms with van der Waals surface area (Å²) in [4.78, 5) is 14.1. The van der Waals surface area contributed by atoms with Crippen molar-refractivity contribution >= 4 is 5.91 Å². The first kappa shape index (κ1) is 14.9. The lowest BCUT2D eigenvalue weighted by atomic mass is 10.0. The van der Waals surface area contributed by atoms with E-state index in [0.717, 1.165) is 37.9 Å². The number of nitrogens with one attached hydrogen (secondary N) is 1. The molecule has 1 saturated heterocycles. The Hall–Kier alpha value is -1.49. The van der Waals surface area contributed by atoms with E-state index < -0.39 is 11.6 Å². The fourth-order valence-corrected chi connectivity index (χ4v) is 2.49. The Labute approximate surface area is 118 Å². The molecule has 3 nitrogen and oxygen atoms in total. The van der Waals surface area contributed by atoms with Gasteiger partial charge >= 0.3 is 0 Å². The van der Waals surface area contributed by atoms with Crippen LogP contribution in [0.1, 0.15) is 31.7 Å². The smallest absolute Gasteiger partial charge is 0.239 e. The molecule has 1 amide bonds. The van der Waals surface area contributed by atoms with E-state index in [1.165, 1.54) is 6.07 Å². The van der Waals surface area contributed by atoms with Crippen molar-refractivity contribution in [3.05, 3.63) is 35.4 Å². The second-order valence-corrected chi connectivity index (χ2v) is 5.10. The van der Waals surface area contributed by atoms with Crippen molar-refractivity contribution in [3.63, 3.8) is 0 Å². The molecule has 110 valence electrons. The van der Waals surface area contributed by atoms with Crippen molar-refractivity contribution in [3.8, 4) is 0 Å². The lowest BCUT2D eigenvalue weighted by molar-refractivity contribution is -0.134. The third-order valence-electron chi connectivity index (χ3n) is 3.66. The summed E-state index contributed by atoms with van der Waals surface area (Å²) in [6, 6.07) is 3.62. The average molecular weight is 282 g/mol. The number of piperidine rings is 1. The van der Waals surface area contributed by atoms with Crippen molar-refractivity contribution < 1.29 is 13.6 Å². The summed E-state index contributed by atoms with van der Waals surface area (Å²) in [5.74, 6) is -1.70. The van der Waals surface area contributed by atoms with Crippen LogP contribution in [-0.4, -0.2) is 29.9 Å². The normalized spacial score (nSPS) is 18.9. The molecule has 1 atom stereocenters. The number of halogens is 2. The molecule has 0 saturated carbocycles. The molecule has 1 N–H and O–H groups in total. The van der Waals surface area contributed by atoms with Crippen LogP contribution in [0.25, 0.3) is 0 Å². The first-order valence-electron chi connectivity index (χ1n) is 7.08. The van der Waals surface area contributed by atoms with E-state index in [9.17, 15) is 13.6 Å². The van der Waals surface area contributed by atoms with E-state index in [2.05, 4.69) is 5.32 Å². The van der Waals surface area contributed by atoms with Gasteiger partial charge in [-0.2, -0.15) is 0 Å². The van der Waals surface area contributed by atoms with Gasteiger partial charge in [0, 0.05) is 13.1 Å². The van der Waals surface area contributed by atoms with Gasteiger partial charge in [-0.05, 0) is 44.0 Å². The van der Waals surface area contributed by atoms with Crippen LogP contribution in [0.15, 0.2) is 18.2 Å². The summed E-state index contributed by atoms with van der Waals surface area (Å²) in [7, 11) is 0. The van der Waals surface area contributed by atoms with Gasteiger partial charge in [0.1, 0.15) is 0 Å². The maximum atomic E-state index is 13.2. The highest BCUT2D eigenvalue weighted by Crippen LogP contribution is 2.14. The van der Waals surface area contributed by atoms with Crippen molar-refractivity contribution in [2.75, 3.05) is 13.1 Å². The Bertz CT molecular complexity index is 473. The quantitative estimate of drug-likeness (QED) is 0.920. The van der Waals surface area contributed by atoms with Gasteiger partial charge < -0.3 is 10.2 Å². The van der Waals surface area contributed by atoms with E-state index in [1.807, 2.05) is 6.92 Å². The molecule has 1 aromatic carbocycles. The van der Waals surface area contributed by atoms with Gasteiger partial charge in [-0.25, -0.2) is 8.78 Å². The molecule has 1 aliphatic heterocycles. The van der Waals surface area contributed by atoms with Crippen LogP contribution in [0.2, 0.25) is 0 Å². The molecule has 0 spiro atoms. The predicted octanol–water partition coefficient (Wildman–Crippen LogP) is 2.46. The number of rotatable bonds is 4. The van der Waals surface area contributed by atoms with Crippen LogP contribution in [0, 0.1) is 11.6 Å². The number of benzene rings is 1. The van der Waals surface area contributed by atoms with Crippen molar-refractivity contribution in [1.29, 1.82) is 0 Å². The molecule has 1 unspecified atom stereocenters. The van der Waals surface area contributed by atoms with Crippen LogP contribution >= 0.6 is 0 Å². The number of carbonyl (C=O) groups is 1. The number of hydrogen-bond donors (Lipinski definition) is 1. The number of nitrogens with zero attached hydrogens (tertiary/aromatic N) is 1. The Balaban J connectivity index is 2.03. The average Bonchev–Trinajstić information content (AvgIpc) is 2.48. The van der Waals surface area contributed by atoms with Gasteiger partial charge in [-0.15, -0.1) is 0 Å². The molecule has 0 radical (unpaired) electrons. The maximum Gasteiger partial charge on any atom is 0.239 e. The SMILES string of the molecule is CCN(Cc1ccc(F)c(F)c1)C(=O)C1CCCCN1. The van der Waals surface area contributed by atoms with Crippen molar-refractivity contribution in [2.24, 2.45) is 0 Å². The van der Waals surface area contributed by atoms with E-state index in [1.54, 1.807) is 4.90 Å². The summed E-state index contributed by atoms with van der Waals surface area (Å²) < 4.78 is 26.1. The molecule has 0 aromatic heterocycles. The fourth-order valence-electron chi connectivity index (χ4n) is 2.49. The monoisotopic (exact) mass is 282 g/mol. The molecule has 1 heterocycles. The van der Waals surface area contributed by atoms with Crippen molar-refractivity contribution in [2.45, 2.75) is 38.8 Å². The molecule has 1 fully saturated rings. The Morgan fingerprint density at radius 1 is 1.35 bits per heavy atom. The van der Waals surface area contributed by atoms with Crippen LogP contribution < -0.4 is 5.32 Å². The minimum absolute atomic E-state index is 0.0388. The third-order valence-corrected chi connectivity index (χ3v) is 3.66. The number of hydrogen-bond acceptors (Lipinski definition) is 2. The van der Waals surface area contributed by atoms with Crippen LogP contribution in [-0.2, 0) is 11.3 Å². The standard InChI is InChI=1S/C15H20F2N2O/c1-2-19(15(20)14-5-3-4-8-18-14)10-11-6-7-12(16)13(17)9-11/h6-7,9,14,18H,2-5,8,10H2,1H3. The topological polar surface area (TPSA) is 32.3 Å². The summed E-state index contributed by atoms with van der Waals surface area (Å²) in [6.07, 6.45) is 2.98. The summed E-state index contributed by atoms with van der Waals surface area (Å²) in [6.45, 7) is 3.61. The fraction of sp³-hybridized carbons (Fsp3) is 0.533. The van der Waals surface area contributed by atoms with Gasteiger partial charge in [0.15, 0.2) is 11.6 Å². The zero-order valence-electron chi connectivity index (χ0n) is 11.7. The highest BCUT2D eigenvalue weighted by molar-refractivity contribution is 5.82. The maximum absolute atomic E-state index is 13.2. The van der Waals surface area contributed by atoms with Crippen LogP contribution in [0.3, 0.4) is 0 Å². The van der Waals surface area contributed by atoms with E-state index in [4.69, 9.17) is 0 Å². The molecular formula is C15H20F2N2O. The molecular weight excluding hydrogens is 262 g/mol. The summed E-state index contributed by atoms with van der Waals surface area (Å²) in [5, 5.41) is 3.21. The van der Waals surface area contributed by atoms with Gasteiger partial charge in [0.25, 0.3) is 0 Å². The van der Waals surface area contributed by atoms with E-state index in [-0.39, 0.29) is 11.9 Å². The first-order valence-corrected chi connectivity index (χ1v) is 7.08. The summed E-state index contributed by atoms with van der Waals surface area (Å²) in [5.41, 5.74) is 0.606. The van der Waals surface area contributed by atoms with Crippen molar-refractivity contribution in [1.82, 2.24) is 10.2 Å². The highest BCUT2D eigenvalue weighted by atomic mass is 19.2. The molecule has 0 bridgehead atoms. The number of amides is 1. The van der Waals surface area contributed by atoms with Crippen LogP contribution in [0.5, 0.6) is 0 Å². The Morgan fingerprint density at radius 2 is 2.15 bits per heavy atom. The lowest BCUT2D eigenvalue weighted by Crippen LogP contribution is -2.48. The van der Waals surface area contributed by atoms with Gasteiger partial charge in [0.2, 0.25) is 5.91 Å². The van der Waals surface area contributed by atoms with Gasteiger partial charge in [0.05, 0.1) is 6.04 Å². The number of carbonyl (C=O) groups excluding carboxylic acids is 1. The second kappa shape index (κ2) is 6.79. The third kappa shape index (κ3) is 3.54. The Kier molecular flexibility index (Phi) is 5.06. The van der Waals surface area contributed by atoms with Gasteiger partial charge in [-0.3, -0.25) is 4.79 Å². The van der Waals surface area contributed by atoms with Gasteiger partial charge in [-0.1, -0.05) is 12.5 Å². The zero-order valence-corrected chi connectivity index (χ0v) is 11.7. The zero-order chi connectivity index (χ0) is 14.5. The largest absolute Gasteiger partial charge is 0.337 e. The molecule has 1 aliphatic rings. The summed E-state index contributed by atoms with van der Waals surface area (Å²) >= 11 is 0. The predicted molar refractivity (Wildman–Crippen MR) is 73.1 cm³/mol.